The third-order valence-electron chi connectivity index (χ3n) is 3.75. The zero-order valence-electron chi connectivity index (χ0n) is 14.5. The Morgan fingerprint density at radius 1 is 1.00 bits per heavy atom. The maximum absolute atomic E-state index is 5.97. The first-order valence-corrected chi connectivity index (χ1v) is 7.99. The molecule has 0 unspecified atom stereocenters. The second-order valence-electron chi connectivity index (χ2n) is 5.94. The van der Waals surface area contributed by atoms with Crippen LogP contribution in [-0.2, 0) is 6.42 Å². The standard InChI is InChI=1S/C20H22O4/c1-13(2)23-16-7-6-15-11-17(24-19(15)12-16)9-14-5-8-18(21-3)20(10-14)22-4/h5-10,12-13H,11H2,1-4H3. The number of ether oxygens (including phenoxy) is 4. The zero-order chi connectivity index (χ0) is 17.1. The van der Waals surface area contributed by atoms with E-state index in [0.29, 0.717) is 11.5 Å². The van der Waals surface area contributed by atoms with Gasteiger partial charge in [0.05, 0.1) is 20.3 Å². The summed E-state index contributed by atoms with van der Waals surface area (Å²) in [5, 5.41) is 0. The van der Waals surface area contributed by atoms with Crippen LogP contribution in [0.3, 0.4) is 0 Å². The molecule has 3 rings (SSSR count). The number of fused-ring (bicyclic) bond motifs is 1. The molecule has 0 aromatic heterocycles. The second kappa shape index (κ2) is 6.87. The third-order valence-corrected chi connectivity index (χ3v) is 3.75. The number of benzene rings is 2. The minimum Gasteiger partial charge on any atom is -0.493 e. The predicted molar refractivity (Wildman–Crippen MR) is 94.1 cm³/mol. The van der Waals surface area contributed by atoms with Crippen molar-refractivity contribution in [3.63, 3.8) is 0 Å². The van der Waals surface area contributed by atoms with E-state index in [1.54, 1.807) is 14.2 Å². The van der Waals surface area contributed by atoms with Crippen LogP contribution in [0, 0.1) is 0 Å². The van der Waals surface area contributed by atoms with E-state index in [0.717, 1.165) is 34.8 Å². The largest absolute Gasteiger partial charge is 0.493 e. The van der Waals surface area contributed by atoms with Crippen LogP contribution < -0.4 is 18.9 Å². The number of allylic oxidation sites excluding steroid dienone is 1. The highest BCUT2D eigenvalue weighted by Crippen LogP contribution is 2.36. The summed E-state index contributed by atoms with van der Waals surface area (Å²) in [6.07, 6.45) is 2.93. The van der Waals surface area contributed by atoms with Gasteiger partial charge in [-0.15, -0.1) is 0 Å². The van der Waals surface area contributed by atoms with Gasteiger partial charge in [0, 0.05) is 18.1 Å². The van der Waals surface area contributed by atoms with Crippen molar-refractivity contribution in [3.05, 3.63) is 53.3 Å². The topological polar surface area (TPSA) is 36.9 Å². The molecule has 1 heterocycles. The van der Waals surface area contributed by atoms with Crippen molar-refractivity contribution in [2.75, 3.05) is 14.2 Å². The van der Waals surface area contributed by atoms with Crippen LogP contribution in [0.4, 0.5) is 0 Å². The molecule has 0 saturated heterocycles. The predicted octanol–water partition coefficient (Wildman–Crippen LogP) is 4.47. The highest BCUT2D eigenvalue weighted by molar-refractivity contribution is 5.60. The molecule has 2 aromatic rings. The molecule has 0 saturated carbocycles. The molecular weight excluding hydrogens is 304 g/mol. The Morgan fingerprint density at radius 2 is 1.79 bits per heavy atom. The van der Waals surface area contributed by atoms with E-state index in [4.69, 9.17) is 18.9 Å². The molecule has 1 aliphatic rings. The first-order valence-electron chi connectivity index (χ1n) is 7.99. The number of methoxy groups -OCH3 is 2. The fourth-order valence-corrected chi connectivity index (χ4v) is 2.70. The minimum absolute atomic E-state index is 0.145. The summed E-state index contributed by atoms with van der Waals surface area (Å²) in [7, 11) is 3.26. The van der Waals surface area contributed by atoms with Gasteiger partial charge in [-0.1, -0.05) is 12.1 Å². The van der Waals surface area contributed by atoms with Gasteiger partial charge in [-0.25, -0.2) is 0 Å². The Morgan fingerprint density at radius 3 is 2.50 bits per heavy atom. The van der Waals surface area contributed by atoms with Gasteiger partial charge in [-0.05, 0) is 43.7 Å². The van der Waals surface area contributed by atoms with Crippen LogP contribution >= 0.6 is 0 Å². The summed E-state index contributed by atoms with van der Waals surface area (Å²) in [4.78, 5) is 0. The van der Waals surface area contributed by atoms with Crippen LogP contribution in [0.1, 0.15) is 25.0 Å². The Hall–Kier alpha value is -2.62. The fourth-order valence-electron chi connectivity index (χ4n) is 2.70. The van der Waals surface area contributed by atoms with Crippen molar-refractivity contribution in [2.24, 2.45) is 0 Å². The van der Waals surface area contributed by atoms with Crippen molar-refractivity contribution in [1.29, 1.82) is 0 Å². The average Bonchev–Trinajstić information content (AvgIpc) is 2.95. The highest BCUT2D eigenvalue weighted by Gasteiger charge is 2.18. The molecular formula is C20H22O4. The summed E-state index contributed by atoms with van der Waals surface area (Å²) >= 11 is 0. The zero-order valence-corrected chi connectivity index (χ0v) is 14.5. The fraction of sp³-hybridized carbons (Fsp3) is 0.300. The van der Waals surface area contributed by atoms with Gasteiger partial charge in [-0.3, -0.25) is 0 Å². The van der Waals surface area contributed by atoms with E-state index in [-0.39, 0.29) is 6.10 Å². The molecule has 1 aliphatic heterocycles. The molecule has 0 fully saturated rings. The van der Waals surface area contributed by atoms with Crippen molar-refractivity contribution in [1.82, 2.24) is 0 Å². The monoisotopic (exact) mass is 326 g/mol. The van der Waals surface area contributed by atoms with E-state index in [2.05, 4.69) is 6.07 Å². The van der Waals surface area contributed by atoms with Gasteiger partial charge < -0.3 is 18.9 Å². The molecule has 0 amide bonds. The van der Waals surface area contributed by atoms with Crippen molar-refractivity contribution >= 4 is 6.08 Å². The van der Waals surface area contributed by atoms with Crippen LogP contribution in [-0.4, -0.2) is 20.3 Å². The van der Waals surface area contributed by atoms with Gasteiger partial charge in [0.2, 0.25) is 0 Å². The quantitative estimate of drug-likeness (QED) is 0.812. The van der Waals surface area contributed by atoms with Crippen LogP contribution in [0.25, 0.3) is 6.08 Å². The van der Waals surface area contributed by atoms with Crippen molar-refractivity contribution in [2.45, 2.75) is 26.4 Å². The number of hydrogen-bond acceptors (Lipinski definition) is 4. The van der Waals surface area contributed by atoms with Gasteiger partial charge >= 0.3 is 0 Å². The first kappa shape index (κ1) is 16.2. The van der Waals surface area contributed by atoms with Gasteiger partial charge in [0.1, 0.15) is 17.3 Å². The van der Waals surface area contributed by atoms with Gasteiger partial charge in [-0.2, -0.15) is 0 Å². The van der Waals surface area contributed by atoms with E-state index in [1.807, 2.05) is 50.3 Å². The molecule has 0 bridgehead atoms. The lowest BCUT2D eigenvalue weighted by atomic mass is 10.1. The molecule has 0 aliphatic carbocycles. The Kier molecular flexibility index (Phi) is 4.65. The number of rotatable bonds is 5. The minimum atomic E-state index is 0.145. The third kappa shape index (κ3) is 3.48. The normalized spacial score (nSPS) is 14.5. The maximum atomic E-state index is 5.97. The van der Waals surface area contributed by atoms with Crippen LogP contribution in [0.15, 0.2) is 42.2 Å². The molecule has 0 N–H and O–H groups in total. The molecule has 4 nitrogen and oxygen atoms in total. The average molecular weight is 326 g/mol. The summed E-state index contributed by atoms with van der Waals surface area (Å²) in [5.74, 6) is 4.01. The summed E-state index contributed by atoms with van der Waals surface area (Å²) in [6, 6.07) is 11.8. The first-order chi connectivity index (χ1) is 11.6. The van der Waals surface area contributed by atoms with Crippen LogP contribution in [0.5, 0.6) is 23.0 Å². The van der Waals surface area contributed by atoms with Gasteiger partial charge in [0.15, 0.2) is 11.5 Å². The summed E-state index contributed by atoms with van der Waals surface area (Å²) in [5.41, 5.74) is 2.17. The lowest BCUT2D eigenvalue weighted by molar-refractivity contribution is 0.241. The summed E-state index contributed by atoms with van der Waals surface area (Å²) in [6.45, 7) is 4.02. The molecule has 0 atom stereocenters. The molecule has 126 valence electrons. The maximum Gasteiger partial charge on any atom is 0.161 e. The molecule has 0 spiro atoms. The highest BCUT2D eigenvalue weighted by atomic mass is 16.5. The van der Waals surface area contributed by atoms with Gasteiger partial charge in [0.25, 0.3) is 0 Å². The lowest BCUT2D eigenvalue weighted by Crippen LogP contribution is -2.05. The molecule has 0 radical (unpaired) electrons. The Labute approximate surface area is 142 Å². The smallest absolute Gasteiger partial charge is 0.161 e. The molecule has 24 heavy (non-hydrogen) atoms. The number of hydrogen-bond donors (Lipinski definition) is 0. The summed E-state index contributed by atoms with van der Waals surface area (Å²) < 4.78 is 22.3. The SMILES string of the molecule is COc1ccc(C=C2Cc3ccc(OC(C)C)cc3O2)cc1OC. The Balaban J connectivity index is 1.80. The van der Waals surface area contributed by atoms with Crippen LogP contribution in [0.2, 0.25) is 0 Å². The lowest BCUT2D eigenvalue weighted by Gasteiger charge is -2.10. The Bertz CT molecular complexity index is 762. The van der Waals surface area contributed by atoms with E-state index < -0.39 is 0 Å². The molecule has 2 aromatic carbocycles. The van der Waals surface area contributed by atoms with E-state index in [9.17, 15) is 0 Å². The second-order valence-corrected chi connectivity index (χ2v) is 5.94. The van der Waals surface area contributed by atoms with E-state index in [1.165, 1.54) is 0 Å². The van der Waals surface area contributed by atoms with Crippen molar-refractivity contribution in [3.8, 4) is 23.0 Å². The molecule has 4 heteroatoms. The van der Waals surface area contributed by atoms with E-state index >= 15 is 0 Å². The van der Waals surface area contributed by atoms with Crippen molar-refractivity contribution < 1.29 is 18.9 Å².